The van der Waals surface area contributed by atoms with E-state index in [1.165, 1.54) is 11.0 Å². The molecule has 5 rings (SSSR count). The number of nitrogens with two attached hydrogens (primary N) is 1. The van der Waals surface area contributed by atoms with Crippen LogP contribution in [-0.4, -0.2) is 66.1 Å². The van der Waals surface area contributed by atoms with E-state index in [0.717, 1.165) is 10.8 Å². The fourth-order valence-electron chi connectivity index (χ4n) is 6.11. The average molecular weight is 691 g/mol. The number of amides is 1. The Labute approximate surface area is 286 Å². The fraction of sp³-hybridized carbons (Fsp3) is 0.361. The van der Waals surface area contributed by atoms with Crippen LogP contribution >= 0.6 is 0 Å². The number of nitrogens with zero attached hydrogens (tertiary/aromatic N) is 2. The van der Waals surface area contributed by atoms with Gasteiger partial charge in [-0.25, -0.2) is 18.2 Å². The molecule has 49 heavy (non-hydrogen) atoms. The van der Waals surface area contributed by atoms with Gasteiger partial charge in [0.2, 0.25) is 5.91 Å². The number of hydrogen-bond acceptors (Lipinski definition) is 10. The molecule has 12 nitrogen and oxygen atoms in total. The molecule has 2 heterocycles. The minimum Gasteiger partial charge on any atom is -0.490 e. The van der Waals surface area contributed by atoms with Crippen LogP contribution in [0.2, 0.25) is 0 Å². The lowest BCUT2D eigenvalue weighted by atomic mass is 9.99. The van der Waals surface area contributed by atoms with Crippen LogP contribution in [0.5, 0.6) is 11.5 Å². The first-order chi connectivity index (χ1) is 23.3. The van der Waals surface area contributed by atoms with Gasteiger partial charge in [0, 0.05) is 30.2 Å². The summed E-state index contributed by atoms with van der Waals surface area (Å²) in [6.45, 7) is 9.27. The van der Waals surface area contributed by atoms with Crippen molar-refractivity contribution in [3.05, 3.63) is 84.1 Å². The van der Waals surface area contributed by atoms with Crippen molar-refractivity contribution in [3.8, 4) is 11.5 Å². The van der Waals surface area contributed by atoms with Crippen molar-refractivity contribution in [1.82, 2.24) is 9.88 Å². The maximum atomic E-state index is 14.9. The molecular weight excluding hydrogens is 648 g/mol. The minimum absolute atomic E-state index is 0.0211. The Morgan fingerprint density at radius 1 is 1.04 bits per heavy atom. The van der Waals surface area contributed by atoms with Gasteiger partial charge in [-0.15, -0.1) is 0 Å². The van der Waals surface area contributed by atoms with Crippen molar-refractivity contribution in [3.63, 3.8) is 0 Å². The molecule has 13 heteroatoms. The minimum atomic E-state index is -3.82. The Bertz CT molecular complexity index is 1950. The van der Waals surface area contributed by atoms with E-state index in [0.29, 0.717) is 35.2 Å². The van der Waals surface area contributed by atoms with Crippen molar-refractivity contribution in [2.45, 2.75) is 75.5 Å². The topological polar surface area (TPSA) is 170 Å². The zero-order valence-electron chi connectivity index (χ0n) is 28.1. The molecule has 0 unspecified atom stereocenters. The van der Waals surface area contributed by atoms with E-state index in [2.05, 4.69) is 10.3 Å². The van der Waals surface area contributed by atoms with Gasteiger partial charge in [0.25, 0.3) is 0 Å². The third kappa shape index (κ3) is 7.51. The average Bonchev–Trinajstić information content (AvgIpc) is 3.46. The number of aromatic nitrogens is 1. The van der Waals surface area contributed by atoms with E-state index >= 15 is 0 Å². The van der Waals surface area contributed by atoms with E-state index in [9.17, 15) is 23.1 Å². The Hall–Kier alpha value is -5.04. The highest BCUT2D eigenvalue weighted by Gasteiger charge is 2.45. The number of carbonyl (C=O) groups excluding carboxylic acids is 1. The van der Waals surface area contributed by atoms with Gasteiger partial charge in [0.05, 0.1) is 28.9 Å². The quantitative estimate of drug-likeness (QED) is 0.141. The molecule has 3 aromatic carbocycles. The molecule has 0 bridgehead atoms. The van der Waals surface area contributed by atoms with E-state index in [1.807, 2.05) is 39.0 Å². The molecule has 1 saturated heterocycles. The lowest BCUT2D eigenvalue weighted by molar-refractivity contribution is -0.134. The van der Waals surface area contributed by atoms with Gasteiger partial charge in [0.15, 0.2) is 21.3 Å². The van der Waals surface area contributed by atoms with Crippen LogP contribution in [0.1, 0.15) is 64.3 Å². The van der Waals surface area contributed by atoms with Crippen LogP contribution in [0.3, 0.4) is 0 Å². The molecular formula is C36H42N4O8S. The molecule has 1 aliphatic rings. The van der Waals surface area contributed by atoms with Gasteiger partial charge in [-0.3, -0.25) is 4.79 Å². The van der Waals surface area contributed by atoms with Crippen molar-refractivity contribution >= 4 is 44.2 Å². The van der Waals surface area contributed by atoms with Crippen molar-refractivity contribution < 1.29 is 37.3 Å². The number of nitrogen functional groups attached to an aromatic ring is 1. The van der Waals surface area contributed by atoms with E-state index in [4.69, 9.17) is 19.9 Å². The molecule has 0 radical (unpaired) electrons. The molecule has 1 aliphatic heterocycles. The van der Waals surface area contributed by atoms with Crippen molar-refractivity contribution in [2.75, 3.05) is 24.2 Å². The first-order valence-corrected chi connectivity index (χ1v) is 17.7. The lowest BCUT2D eigenvalue weighted by Crippen LogP contribution is -2.40. The second-order valence-electron chi connectivity index (χ2n) is 12.3. The van der Waals surface area contributed by atoms with Crippen LogP contribution in [0, 0.1) is 0 Å². The summed E-state index contributed by atoms with van der Waals surface area (Å²) in [7, 11) is -3.82. The molecule has 1 aromatic heterocycles. The molecule has 0 spiro atoms. The van der Waals surface area contributed by atoms with Crippen LogP contribution in [0.15, 0.2) is 77.8 Å². The first-order valence-electron chi connectivity index (χ1n) is 16.2. The molecule has 1 amide bonds. The number of likely N-dealkylation sites (tertiary alicyclic amines) is 1. The normalized spacial score (nSPS) is 16.9. The summed E-state index contributed by atoms with van der Waals surface area (Å²) in [6.07, 6.45) is -0.887. The standard InChI is InChI=1S/C36H42N4O8S/c1-6-46-30-20-24(11-14-28(30)47-21(2)3)32(39-25-12-13-26-23(19-25)15-17-38-34(26)37)35(41)40-18-16-29(48-36(42)43)33(40)27-9-7-8-10-31(27)49(44,45)22(4)5/h7-15,17,19-22,29,32-33,39H,6,16,18H2,1-5H3,(H2,37,38)(H,42,43)/t29-,32-,33+/m1/s1. The molecule has 4 N–H and O–H groups in total. The summed E-state index contributed by atoms with van der Waals surface area (Å²) in [4.78, 5) is 32.4. The SMILES string of the molecule is CCOc1cc([C@@H](Nc2ccc3c(N)nccc3c2)C(=O)N2CC[C@@H](OC(=O)O)[C@@H]2c2ccccc2S(=O)(=O)C(C)C)ccc1OC(C)C. The summed E-state index contributed by atoms with van der Waals surface area (Å²) in [5, 5.41) is 13.8. The van der Waals surface area contributed by atoms with E-state index < -0.39 is 45.3 Å². The van der Waals surface area contributed by atoms with Gasteiger partial charge in [0.1, 0.15) is 18.0 Å². The summed E-state index contributed by atoms with van der Waals surface area (Å²) in [5.74, 6) is 0.914. The second-order valence-corrected chi connectivity index (χ2v) is 14.8. The Kier molecular flexibility index (Phi) is 10.5. The highest BCUT2D eigenvalue weighted by molar-refractivity contribution is 7.92. The predicted molar refractivity (Wildman–Crippen MR) is 187 cm³/mol. The Balaban J connectivity index is 1.64. The highest BCUT2D eigenvalue weighted by atomic mass is 32.2. The molecule has 4 aromatic rings. The summed E-state index contributed by atoms with van der Waals surface area (Å²) >= 11 is 0. The number of benzene rings is 3. The maximum absolute atomic E-state index is 14.9. The fourth-order valence-corrected chi connectivity index (χ4v) is 7.40. The van der Waals surface area contributed by atoms with Crippen molar-refractivity contribution in [2.24, 2.45) is 0 Å². The van der Waals surface area contributed by atoms with Gasteiger partial charge in [-0.05, 0) is 93.6 Å². The predicted octanol–water partition coefficient (Wildman–Crippen LogP) is 6.38. The Morgan fingerprint density at radius 3 is 2.49 bits per heavy atom. The van der Waals surface area contributed by atoms with Gasteiger partial charge in [-0.1, -0.05) is 24.3 Å². The monoisotopic (exact) mass is 690 g/mol. The smallest absolute Gasteiger partial charge is 0.490 e. The third-order valence-electron chi connectivity index (χ3n) is 8.36. The van der Waals surface area contributed by atoms with E-state index in [-0.39, 0.29) is 29.5 Å². The number of fused-ring (bicyclic) bond motifs is 1. The molecule has 1 fully saturated rings. The zero-order chi connectivity index (χ0) is 35.5. The summed E-state index contributed by atoms with van der Waals surface area (Å²) in [5.41, 5.74) is 7.53. The van der Waals surface area contributed by atoms with Gasteiger partial charge >= 0.3 is 6.16 Å². The Morgan fingerprint density at radius 2 is 1.80 bits per heavy atom. The molecule has 0 saturated carbocycles. The van der Waals surface area contributed by atoms with Crippen LogP contribution in [-0.2, 0) is 19.4 Å². The lowest BCUT2D eigenvalue weighted by Gasteiger charge is -2.33. The number of hydrogen-bond donors (Lipinski definition) is 3. The summed E-state index contributed by atoms with van der Waals surface area (Å²) < 4.78 is 44.3. The number of carbonyl (C=O) groups is 2. The number of pyridine rings is 1. The van der Waals surface area contributed by atoms with E-state index in [1.54, 1.807) is 62.5 Å². The van der Waals surface area contributed by atoms with Gasteiger partial charge in [-0.2, -0.15) is 0 Å². The summed E-state index contributed by atoms with van der Waals surface area (Å²) in [6, 6.07) is 16.9. The van der Waals surface area contributed by atoms with Crippen LogP contribution in [0.4, 0.5) is 16.3 Å². The molecule has 260 valence electrons. The van der Waals surface area contributed by atoms with Gasteiger partial charge < -0.3 is 35.3 Å². The number of nitrogens with one attached hydrogen (secondary N) is 1. The number of sulfone groups is 1. The molecule has 3 atom stereocenters. The highest BCUT2D eigenvalue weighted by Crippen LogP contribution is 2.41. The zero-order valence-corrected chi connectivity index (χ0v) is 28.9. The van der Waals surface area contributed by atoms with Crippen LogP contribution in [0.25, 0.3) is 10.8 Å². The number of rotatable bonds is 12. The third-order valence-corrected chi connectivity index (χ3v) is 10.6. The second kappa shape index (κ2) is 14.6. The number of anilines is 2. The maximum Gasteiger partial charge on any atom is 0.506 e. The molecule has 0 aliphatic carbocycles. The largest absolute Gasteiger partial charge is 0.506 e. The number of ether oxygens (including phenoxy) is 3. The van der Waals surface area contributed by atoms with Crippen molar-refractivity contribution in [1.29, 1.82) is 0 Å². The van der Waals surface area contributed by atoms with Crippen LogP contribution < -0.4 is 20.5 Å². The number of carboxylic acid groups (broad SMARTS) is 1. The first kappa shape index (κ1) is 35.3.